The van der Waals surface area contributed by atoms with Crippen LogP contribution in [0.5, 0.6) is 0 Å². The molecular weight excluding hydrogens is 347 g/mol. The van der Waals surface area contributed by atoms with E-state index in [1.54, 1.807) is 4.31 Å². The van der Waals surface area contributed by atoms with E-state index in [1.807, 2.05) is 0 Å². The zero-order valence-corrected chi connectivity index (χ0v) is 15.4. The van der Waals surface area contributed by atoms with Gasteiger partial charge in [0.2, 0.25) is 0 Å². The van der Waals surface area contributed by atoms with Gasteiger partial charge in [-0.25, -0.2) is 8.51 Å². The van der Waals surface area contributed by atoms with Crippen LogP contribution in [0.25, 0.3) is 0 Å². The molecule has 25 heavy (non-hydrogen) atoms. The first-order valence-electron chi connectivity index (χ1n) is 8.64. The predicted molar refractivity (Wildman–Crippen MR) is 94.0 cm³/mol. The van der Waals surface area contributed by atoms with Gasteiger partial charge in [-0.05, 0) is 43.7 Å². The van der Waals surface area contributed by atoms with Crippen LogP contribution >= 0.6 is 0 Å². The van der Waals surface area contributed by atoms with E-state index in [9.17, 15) is 17.4 Å². The zero-order valence-electron chi connectivity index (χ0n) is 14.6. The molecule has 0 radical (unpaired) electrons. The van der Waals surface area contributed by atoms with Gasteiger partial charge >= 0.3 is 6.18 Å². The van der Waals surface area contributed by atoms with Crippen molar-refractivity contribution in [1.29, 1.82) is 0 Å². The lowest BCUT2D eigenvalue weighted by atomic mass is 10.0. The van der Waals surface area contributed by atoms with Gasteiger partial charge in [0.15, 0.2) is 0 Å². The van der Waals surface area contributed by atoms with Gasteiger partial charge in [0.1, 0.15) is 11.0 Å². The second-order valence-electron chi connectivity index (χ2n) is 6.65. The van der Waals surface area contributed by atoms with Crippen molar-refractivity contribution in [2.75, 3.05) is 6.54 Å². The fourth-order valence-electron chi connectivity index (χ4n) is 2.78. The summed E-state index contributed by atoms with van der Waals surface area (Å²) in [5, 5.41) is 0. The molecule has 1 aromatic carbocycles. The number of rotatable bonds is 4. The van der Waals surface area contributed by atoms with Gasteiger partial charge < -0.3 is 0 Å². The third-order valence-electron chi connectivity index (χ3n) is 4.16. The molecule has 0 aliphatic carbocycles. The summed E-state index contributed by atoms with van der Waals surface area (Å²) in [6.45, 7) is 4.75. The van der Waals surface area contributed by atoms with E-state index >= 15 is 0 Å². The molecule has 1 heterocycles. The van der Waals surface area contributed by atoms with Crippen LogP contribution in [0.3, 0.4) is 0 Å². The van der Waals surface area contributed by atoms with E-state index < -0.39 is 22.7 Å². The molecule has 1 fully saturated rings. The fraction of sp³-hybridized carbons (Fsp3) is 0.579. The second kappa shape index (κ2) is 8.86. The molecule has 0 N–H and O–H groups in total. The predicted octanol–water partition coefficient (Wildman–Crippen LogP) is 5.02. The SMILES string of the molecule is CC(C)CCC#C[C@@H]1CCCCN1[S@@](=O)c1ccccc1C(F)(F)F. The van der Waals surface area contributed by atoms with Gasteiger partial charge in [-0.15, -0.1) is 5.92 Å². The van der Waals surface area contributed by atoms with E-state index in [1.165, 1.54) is 18.2 Å². The number of halogens is 3. The maximum Gasteiger partial charge on any atom is 0.417 e. The van der Waals surface area contributed by atoms with Gasteiger partial charge in [-0.3, -0.25) is 0 Å². The van der Waals surface area contributed by atoms with Crippen molar-refractivity contribution in [2.45, 2.75) is 63.1 Å². The van der Waals surface area contributed by atoms with Crippen molar-refractivity contribution in [3.05, 3.63) is 29.8 Å². The summed E-state index contributed by atoms with van der Waals surface area (Å²) in [5.41, 5.74) is -0.828. The minimum Gasteiger partial charge on any atom is -0.237 e. The number of alkyl halides is 3. The van der Waals surface area contributed by atoms with E-state index in [0.717, 1.165) is 38.2 Å². The molecule has 0 saturated carbocycles. The molecule has 1 aliphatic rings. The molecule has 1 aromatic rings. The number of hydrogen-bond acceptors (Lipinski definition) is 1. The van der Waals surface area contributed by atoms with Gasteiger partial charge in [0.25, 0.3) is 0 Å². The smallest absolute Gasteiger partial charge is 0.237 e. The molecule has 138 valence electrons. The van der Waals surface area contributed by atoms with Crippen LogP contribution in [0.15, 0.2) is 29.2 Å². The van der Waals surface area contributed by atoms with E-state index in [0.29, 0.717) is 12.5 Å². The van der Waals surface area contributed by atoms with Gasteiger partial charge in [0.05, 0.1) is 16.5 Å². The maximum atomic E-state index is 13.2. The summed E-state index contributed by atoms with van der Waals surface area (Å²) >= 11 is 0. The molecular formula is C19H24F3NOS. The quantitative estimate of drug-likeness (QED) is 0.681. The van der Waals surface area contributed by atoms with Gasteiger partial charge in [-0.2, -0.15) is 13.2 Å². The molecule has 0 spiro atoms. The van der Waals surface area contributed by atoms with Crippen molar-refractivity contribution in [1.82, 2.24) is 4.31 Å². The lowest BCUT2D eigenvalue weighted by Crippen LogP contribution is -2.40. The van der Waals surface area contributed by atoms with E-state index in [4.69, 9.17) is 0 Å². The van der Waals surface area contributed by atoms with Crippen LogP contribution < -0.4 is 0 Å². The summed E-state index contributed by atoms with van der Waals surface area (Å²) in [4.78, 5) is -0.175. The van der Waals surface area contributed by atoms with Crippen LogP contribution in [0.2, 0.25) is 0 Å². The molecule has 0 amide bonds. The summed E-state index contributed by atoms with van der Waals surface area (Å²) in [6, 6.07) is 4.86. The second-order valence-corrected chi connectivity index (χ2v) is 8.06. The van der Waals surface area contributed by atoms with Crippen molar-refractivity contribution in [2.24, 2.45) is 5.92 Å². The Morgan fingerprint density at radius 1 is 1.28 bits per heavy atom. The highest BCUT2D eigenvalue weighted by atomic mass is 32.2. The highest BCUT2D eigenvalue weighted by Crippen LogP contribution is 2.35. The lowest BCUT2D eigenvalue weighted by Gasteiger charge is -2.31. The van der Waals surface area contributed by atoms with Crippen molar-refractivity contribution >= 4 is 11.0 Å². The third-order valence-corrected chi connectivity index (χ3v) is 5.76. The first-order valence-corrected chi connectivity index (χ1v) is 9.74. The third kappa shape index (κ3) is 5.58. The van der Waals surface area contributed by atoms with E-state index in [-0.39, 0.29) is 10.9 Å². The zero-order chi connectivity index (χ0) is 18.4. The number of benzene rings is 1. The first-order chi connectivity index (χ1) is 11.8. The minimum absolute atomic E-state index is 0.175. The fourth-order valence-corrected chi connectivity index (χ4v) is 4.28. The molecule has 0 unspecified atom stereocenters. The number of piperidine rings is 1. The summed E-state index contributed by atoms with van der Waals surface area (Å²) in [5.74, 6) is 6.82. The van der Waals surface area contributed by atoms with Crippen LogP contribution in [0.1, 0.15) is 51.5 Å². The number of nitrogens with zero attached hydrogens (tertiary/aromatic N) is 1. The van der Waals surface area contributed by atoms with Crippen LogP contribution in [0.4, 0.5) is 13.2 Å². The Morgan fingerprint density at radius 3 is 2.68 bits per heavy atom. The standard InChI is InChI=1S/C19H24F3NOS/c1-15(2)9-3-4-10-16-11-7-8-14-23(16)25(24)18-13-6-5-12-17(18)19(20,21)22/h5-6,12-13,15-16H,3,7-9,11,14H2,1-2H3/t16-,25+/m1/s1. The van der Waals surface area contributed by atoms with Crippen LogP contribution in [0, 0.1) is 17.8 Å². The molecule has 2 nitrogen and oxygen atoms in total. The highest BCUT2D eigenvalue weighted by molar-refractivity contribution is 7.82. The maximum absolute atomic E-state index is 13.2. The van der Waals surface area contributed by atoms with Gasteiger partial charge in [-0.1, -0.05) is 31.9 Å². The highest BCUT2D eigenvalue weighted by Gasteiger charge is 2.37. The molecule has 1 saturated heterocycles. The Balaban J connectivity index is 2.21. The number of hydrogen-bond donors (Lipinski definition) is 0. The Bertz CT molecular complexity index is 661. The molecule has 0 bridgehead atoms. The molecule has 1 aliphatic heterocycles. The Hall–Kier alpha value is -1.32. The molecule has 2 atom stereocenters. The average molecular weight is 371 g/mol. The van der Waals surface area contributed by atoms with Crippen LogP contribution in [-0.2, 0) is 17.2 Å². The van der Waals surface area contributed by atoms with E-state index in [2.05, 4.69) is 25.7 Å². The lowest BCUT2D eigenvalue weighted by molar-refractivity contribution is -0.139. The van der Waals surface area contributed by atoms with Crippen LogP contribution in [-0.4, -0.2) is 21.1 Å². The molecule has 2 rings (SSSR count). The average Bonchev–Trinajstić information content (AvgIpc) is 2.57. The summed E-state index contributed by atoms with van der Waals surface area (Å²) < 4.78 is 54.2. The Morgan fingerprint density at radius 2 is 2.00 bits per heavy atom. The Kier molecular flexibility index (Phi) is 7.09. The van der Waals surface area contributed by atoms with Crippen molar-refractivity contribution in [3.63, 3.8) is 0 Å². The molecule has 6 heteroatoms. The van der Waals surface area contributed by atoms with Crippen molar-refractivity contribution in [3.8, 4) is 11.8 Å². The first kappa shape index (κ1) is 20.0. The topological polar surface area (TPSA) is 20.3 Å². The monoisotopic (exact) mass is 371 g/mol. The van der Waals surface area contributed by atoms with Crippen molar-refractivity contribution < 1.29 is 17.4 Å². The summed E-state index contributed by atoms with van der Waals surface area (Å²) in [7, 11) is -1.86. The Labute approximate surface area is 150 Å². The van der Waals surface area contributed by atoms with Gasteiger partial charge in [0, 0.05) is 13.0 Å². The summed E-state index contributed by atoms with van der Waals surface area (Å²) in [6.07, 6.45) is -0.245. The minimum atomic E-state index is -4.51. The normalized spacial score (nSPS) is 20.2. The molecule has 0 aromatic heterocycles. The largest absolute Gasteiger partial charge is 0.417 e.